The Labute approximate surface area is 372 Å². The van der Waals surface area contributed by atoms with Crippen molar-refractivity contribution in [2.24, 2.45) is 0 Å². The number of carbonyl (C=O) groups is 3. The van der Waals surface area contributed by atoms with Gasteiger partial charge in [0.25, 0.3) is 52.3 Å². The van der Waals surface area contributed by atoms with E-state index in [1.807, 2.05) is 32.3 Å². The number of unbranched alkanes of at least 4 members (excludes halogenated alkanes) is 2. The molecular formula is C40H53N4O16S4+. The highest BCUT2D eigenvalue weighted by Crippen LogP contribution is 2.49. The molecule has 0 fully saturated rings. The van der Waals surface area contributed by atoms with Gasteiger partial charge in [-0.15, -0.1) is 0 Å². The fourth-order valence-corrected chi connectivity index (χ4v) is 9.49. The van der Waals surface area contributed by atoms with E-state index in [9.17, 15) is 71.4 Å². The molecule has 2 aliphatic rings. The Kier molecular flexibility index (Phi) is 16.3. The monoisotopic (exact) mass is 973 g/mol. The van der Waals surface area contributed by atoms with E-state index in [0.717, 1.165) is 0 Å². The summed E-state index contributed by atoms with van der Waals surface area (Å²) in [5.41, 5.74) is 1.19. The number of amides is 2. The first-order valence-corrected chi connectivity index (χ1v) is 26.1. The standard InChI is InChI=1S/C40H52N4O16S4/c1-39(2)30-26-28(64(58,59)60)15-16-31(30)43(20-11-21-61(49,50)51)33(39)12-7-5-8-13-34-40(3,4)36-29(38(48)42-18-23-63(55,56)57)24-27(37(47)41-17-22-62(52,53)54)25-32(36)44(34)19-10-6-9-14-35(45)46/h5,7-8,12-13,15-16,24-26H,6,9-11,14,17-23H2,1-4H3,(H6-,41,42,45,46,47,48,49,50,51,52,53,54,55,56,57,58,59,60)/p+1. The summed E-state index contributed by atoms with van der Waals surface area (Å²) in [6, 6.07) is 6.83. The van der Waals surface area contributed by atoms with Gasteiger partial charge in [0, 0.05) is 67.0 Å². The Morgan fingerprint density at radius 2 is 1.33 bits per heavy atom. The van der Waals surface area contributed by atoms with Crippen LogP contribution in [0.4, 0.5) is 11.4 Å². The molecule has 2 aromatic carbocycles. The van der Waals surface area contributed by atoms with E-state index >= 15 is 0 Å². The number of nitrogens with zero attached hydrogens (tertiary/aromatic N) is 2. The Bertz CT molecular complexity index is 2760. The molecule has 0 radical (unpaired) electrons. The summed E-state index contributed by atoms with van der Waals surface area (Å²) < 4.78 is 132. The lowest BCUT2D eigenvalue weighted by molar-refractivity contribution is -0.438. The number of carboxylic acids is 1. The van der Waals surface area contributed by atoms with E-state index in [0.29, 0.717) is 53.2 Å². The molecule has 24 heteroatoms. The van der Waals surface area contributed by atoms with Crippen LogP contribution in [0, 0.1) is 0 Å². The summed E-state index contributed by atoms with van der Waals surface area (Å²) in [6.07, 6.45) is 9.84. The first-order chi connectivity index (χ1) is 29.4. The Hall–Kier alpha value is -4.82. The molecule has 64 heavy (non-hydrogen) atoms. The van der Waals surface area contributed by atoms with E-state index in [1.165, 1.54) is 30.3 Å². The molecule has 4 rings (SSSR count). The minimum Gasteiger partial charge on any atom is -0.481 e. The summed E-state index contributed by atoms with van der Waals surface area (Å²) in [5, 5.41) is 14.0. The minimum absolute atomic E-state index is 0.0178. The summed E-state index contributed by atoms with van der Waals surface area (Å²) in [6.45, 7) is 6.71. The van der Waals surface area contributed by atoms with Gasteiger partial charge in [-0.25, -0.2) is 0 Å². The fraction of sp³-hybridized carbons (Fsp3) is 0.450. The van der Waals surface area contributed by atoms with E-state index in [1.54, 1.807) is 35.3 Å². The number of nitrogens with one attached hydrogen (secondary N) is 2. The lowest BCUT2D eigenvalue weighted by atomic mass is 9.78. The predicted octanol–water partition coefficient (Wildman–Crippen LogP) is 3.26. The van der Waals surface area contributed by atoms with Crippen molar-refractivity contribution in [1.29, 1.82) is 0 Å². The number of allylic oxidation sites excluding steroid dienone is 6. The maximum absolute atomic E-state index is 13.8. The second-order valence-corrected chi connectivity index (χ2v) is 22.4. The highest BCUT2D eigenvalue weighted by atomic mass is 32.2. The number of hydrogen-bond acceptors (Lipinski definition) is 12. The van der Waals surface area contributed by atoms with Crippen LogP contribution in [0.5, 0.6) is 0 Å². The van der Waals surface area contributed by atoms with Crippen LogP contribution in [-0.4, -0.2) is 128 Å². The average Bonchev–Trinajstić information content (AvgIpc) is 3.49. The Balaban J connectivity index is 1.81. The van der Waals surface area contributed by atoms with Gasteiger partial charge in [-0.05, 0) is 69.0 Å². The zero-order valence-corrected chi connectivity index (χ0v) is 38.8. The number of fused-ring (bicyclic) bond motifs is 2. The lowest BCUT2D eigenvalue weighted by Gasteiger charge is -2.27. The van der Waals surface area contributed by atoms with Crippen LogP contribution in [0.2, 0.25) is 0 Å². The zero-order chi connectivity index (χ0) is 48.1. The van der Waals surface area contributed by atoms with Gasteiger partial charge in [0.1, 0.15) is 6.54 Å². The average molecular weight is 974 g/mol. The molecule has 0 saturated carbocycles. The predicted molar refractivity (Wildman–Crippen MR) is 237 cm³/mol. The second kappa shape index (κ2) is 20.1. The third-order valence-corrected chi connectivity index (χ3v) is 13.8. The summed E-state index contributed by atoms with van der Waals surface area (Å²) in [4.78, 5) is 39.9. The molecule has 0 saturated heterocycles. The van der Waals surface area contributed by atoms with Crippen LogP contribution in [0.3, 0.4) is 0 Å². The van der Waals surface area contributed by atoms with Crippen molar-refractivity contribution < 1.29 is 75.9 Å². The van der Waals surface area contributed by atoms with Crippen molar-refractivity contribution in [2.75, 3.05) is 48.3 Å². The first kappa shape index (κ1) is 51.8. The molecule has 2 amide bonds. The molecule has 2 aliphatic heterocycles. The fourth-order valence-electron chi connectivity index (χ4n) is 7.77. The van der Waals surface area contributed by atoms with Crippen molar-refractivity contribution in [3.05, 3.63) is 88.7 Å². The maximum atomic E-state index is 13.8. The molecule has 2 heterocycles. The quantitative estimate of drug-likeness (QED) is 0.0385. The smallest absolute Gasteiger partial charge is 0.303 e. The van der Waals surface area contributed by atoms with Crippen molar-refractivity contribution in [3.63, 3.8) is 0 Å². The largest absolute Gasteiger partial charge is 0.481 e. The van der Waals surface area contributed by atoms with Gasteiger partial charge in [0.15, 0.2) is 5.71 Å². The van der Waals surface area contributed by atoms with Crippen LogP contribution < -0.4 is 15.5 Å². The van der Waals surface area contributed by atoms with Gasteiger partial charge < -0.3 is 20.6 Å². The van der Waals surface area contributed by atoms with E-state index in [2.05, 4.69) is 10.6 Å². The van der Waals surface area contributed by atoms with Gasteiger partial charge in [-0.3, -0.25) is 32.6 Å². The number of hydrogen-bond donors (Lipinski definition) is 7. The SMILES string of the molecule is CC1(C)C(/C=C/C=C/C=C2/N(CCCS(=O)(=O)O)c3ccc(S(=O)(=O)O)cc3C2(C)C)=[N+](CCCCCC(=O)O)c2cc(C(=O)NCCS(=O)(=O)O)cc(C(=O)NCCS(=O)(=O)O)c21. The number of benzene rings is 2. The number of aliphatic carboxylic acids is 1. The van der Waals surface area contributed by atoms with Crippen molar-refractivity contribution >= 4 is 75.3 Å². The second-order valence-electron chi connectivity index (χ2n) is 16.2. The number of carboxylic acid groups (broad SMARTS) is 1. The van der Waals surface area contributed by atoms with Crippen LogP contribution in [0.15, 0.2) is 71.3 Å². The highest BCUT2D eigenvalue weighted by Gasteiger charge is 2.47. The third-order valence-electron chi connectivity index (χ3n) is 10.7. The van der Waals surface area contributed by atoms with Crippen LogP contribution >= 0.6 is 0 Å². The third kappa shape index (κ3) is 13.6. The molecule has 0 bridgehead atoms. The van der Waals surface area contributed by atoms with Gasteiger partial charge in [0.2, 0.25) is 5.69 Å². The number of rotatable bonds is 22. The van der Waals surface area contributed by atoms with Gasteiger partial charge in [-0.2, -0.15) is 38.2 Å². The molecular weight excluding hydrogens is 921 g/mol. The van der Waals surface area contributed by atoms with Crippen LogP contribution in [0.25, 0.3) is 0 Å². The normalized spacial score (nSPS) is 16.8. The molecule has 20 nitrogen and oxygen atoms in total. The topological polar surface area (TPSA) is 319 Å². The lowest BCUT2D eigenvalue weighted by Crippen LogP contribution is -2.34. The van der Waals surface area contributed by atoms with E-state index in [-0.39, 0.29) is 42.0 Å². The van der Waals surface area contributed by atoms with Crippen molar-refractivity contribution in [3.8, 4) is 0 Å². The number of anilines is 1. The van der Waals surface area contributed by atoms with E-state index < -0.39 is 99.4 Å². The molecule has 0 spiro atoms. The van der Waals surface area contributed by atoms with Gasteiger partial charge in [-0.1, -0.05) is 32.1 Å². The molecule has 2 aromatic rings. The summed E-state index contributed by atoms with van der Waals surface area (Å²) in [7, 11) is -17.7. The molecule has 0 aromatic heterocycles. The molecule has 352 valence electrons. The molecule has 0 unspecified atom stereocenters. The van der Waals surface area contributed by atoms with Crippen molar-refractivity contribution in [1.82, 2.24) is 10.6 Å². The molecule has 0 aliphatic carbocycles. The minimum atomic E-state index is -4.56. The Morgan fingerprint density at radius 1 is 0.719 bits per heavy atom. The van der Waals surface area contributed by atoms with Crippen LogP contribution in [0.1, 0.15) is 91.6 Å². The van der Waals surface area contributed by atoms with E-state index in [4.69, 9.17) is 0 Å². The Morgan fingerprint density at radius 3 is 1.91 bits per heavy atom. The van der Waals surface area contributed by atoms with Gasteiger partial charge >= 0.3 is 5.97 Å². The van der Waals surface area contributed by atoms with Crippen molar-refractivity contribution in [2.45, 2.75) is 75.5 Å². The zero-order valence-electron chi connectivity index (χ0n) is 35.5. The highest BCUT2D eigenvalue weighted by molar-refractivity contribution is 7.86. The number of carbonyl (C=O) groups excluding carboxylic acids is 2. The maximum Gasteiger partial charge on any atom is 0.303 e. The van der Waals surface area contributed by atoms with Crippen LogP contribution in [-0.2, 0) is 56.1 Å². The summed E-state index contributed by atoms with van der Waals surface area (Å²) >= 11 is 0. The molecule has 0 atom stereocenters. The summed E-state index contributed by atoms with van der Waals surface area (Å²) in [5.74, 6) is -4.68. The van der Waals surface area contributed by atoms with Gasteiger partial charge in [0.05, 0.1) is 38.7 Å². The molecule has 7 N–H and O–H groups in total. The first-order valence-electron chi connectivity index (χ1n) is 19.9.